The van der Waals surface area contributed by atoms with Crippen molar-refractivity contribution in [1.29, 1.82) is 0 Å². The summed E-state index contributed by atoms with van der Waals surface area (Å²) in [5, 5.41) is 10.8. The van der Waals surface area contributed by atoms with E-state index in [1.807, 2.05) is 0 Å². The molecule has 0 aliphatic carbocycles. The summed E-state index contributed by atoms with van der Waals surface area (Å²) < 4.78 is 44.7. The van der Waals surface area contributed by atoms with Gasteiger partial charge in [-0.15, -0.1) is 0 Å². The van der Waals surface area contributed by atoms with Crippen LogP contribution in [-0.4, -0.2) is 24.5 Å². The highest BCUT2D eigenvalue weighted by molar-refractivity contribution is 9.08. The molecule has 0 aliphatic heterocycles. The Morgan fingerprint density at radius 2 is 2.05 bits per heavy atom. The summed E-state index contributed by atoms with van der Waals surface area (Å²) in [7, 11) is 0. The topological polar surface area (TPSA) is 61.6 Å². The molecule has 9 heteroatoms. The molecule has 19 heavy (non-hydrogen) atoms. The molecule has 0 fully saturated rings. The average Bonchev–Trinajstić information content (AvgIpc) is 2.33. The molecule has 1 aromatic rings. The molecule has 0 amide bonds. The number of halogens is 4. The molecule has 0 saturated carbocycles. The van der Waals surface area contributed by atoms with Gasteiger partial charge in [-0.05, 0) is 6.07 Å². The van der Waals surface area contributed by atoms with Crippen LogP contribution < -0.4 is 4.74 Å². The van der Waals surface area contributed by atoms with E-state index in [1.54, 1.807) is 0 Å². The molecular weight excluding hydrogens is 335 g/mol. The molecule has 0 unspecified atom stereocenters. The number of hydrogen-bond acceptors (Lipinski definition) is 4. The second-order valence-corrected chi connectivity index (χ2v) is 3.97. The zero-order valence-electron chi connectivity index (χ0n) is 9.45. The summed E-state index contributed by atoms with van der Waals surface area (Å²) in [6.45, 7) is -2.00. The molecule has 0 heterocycles. The standard InChI is InChI=1S/C10H9BrF3NO4/c11-4-7-3-8(15(16)17)1-2-9(7)19-6-18-5-10(12,13)14/h1-3H,4-6H2. The van der Waals surface area contributed by atoms with E-state index < -0.39 is 24.5 Å². The molecule has 1 rings (SSSR count). The van der Waals surface area contributed by atoms with Crippen molar-refractivity contribution in [3.8, 4) is 5.75 Å². The van der Waals surface area contributed by atoms with Crippen LogP contribution in [0.15, 0.2) is 18.2 Å². The Kier molecular flexibility index (Phi) is 5.55. The second-order valence-electron chi connectivity index (χ2n) is 3.41. The van der Waals surface area contributed by atoms with E-state index in [4.69, 9.17) is 4.74 Å². The summed E-state index contributed by atoms with van der Waals surface area (Å²) in [4.78, 5) is 9.98. The third-order valence-electron chi connectivity index (χ3n) is 1.96. The molecule has 0 bridgehead atoms. The summed E-state index contributed by atoms with van der Waals surface area (Å²) in [5.41, 5.74) is 0.322. The molecular formula is C10H9BrF3NO4. The summed E-state index contributed by atoms with van der Waals surface area (Å²) in [6.07, 6.45) is -4.42. The lowest BCUT2D eigenvalue weighted by Crippen LogP contribution is -2.19. The van der Waals surface area contributed by atoms with Gasteiger partial charge in [0.15, 0.2) is 6.79 Å². The van der Waals surface area contributed by atoms with Crippen molar-refractivity contribution in [2.75, 3.05) is 13.4 Å². The number of rotatable bonds is 6. The molecule has 0 saturated heterocycles. The van der Waals surface area contributed by atoms with E-state index in [9.17, 15) is 23.3 Å². The number of alkyl halides is 4. The van der Waals surface area contributed by atoms with Crippen molar-refractivity contribution in [1.82, 2.24) is 0 Å². The molecule has 5 nitrogen and oxygen atoms in total. The number of nitro benzene ring substituents is 1. The molecule has 0 aliphatic rings. The van der Waals surface area contributed by atoms with Crippen LogP contribution in [0.2, 0.25) is 0 Å². The Bertz CT molecular complexity index is 453. The number of hydrogen-bond donors (Lipinski definition) is 0. The van der Waals surface area contributed by atoms with E-state index in [2.05, 4.69) is 20.7 Å². The van der Waals surface area contributed by atoms with E-state index in [0.717, 1.165) is 0 Å². The molecule has 0 atom stereocenters. The van der Waals surface area contributed by atoms with Gasteiger partial charge in [0.2, 0.25) is 0 Å². The van der Waals surface area contributed by atoms with Crippen LogP contribution in [-0.2, 0) is 10.1 Å². The lowest BCUT2D eigenvalue weighted by molar-refractivity contribution is -0.384. The summed E-state index contributed by atoms with van der Waals surface area (Å²) >= 11 is 3.11. The quantitative estimate of drug-likeness (QED) is 0.261. The molecule has 0 N–H and O–H groups in total. The van der Waals surface area contributed by atoms with Gasteiger partial charge in [-0.2, -0.15) is 13.2 Å². The van der Waals surface area contributed by atoms with Crippen LogP contribution in [0.25, 0.3) is 0 Å². The zero-order valence-corrected chi connectivity index (χ0v) is 11.0. The van der Waals surface area contributed by atoms with Gasteiger partial charge in [0.1, 0.15) is 12.4 Å². The van der Waals surface area contributed by atoms with Gasteiger partial charge in [0, 0.05) is 23.0 Å². The van der Waals surface area contributed by atoms with Crippen LogP contribution in [0.1, 0.15) is 5.56 Å². The first-order valence-corrected chi connectivity index (χ1v) is 6.06. The third kappa shape index (κ3) is 5.43. The van der Waals surface area contributed by atoms with E-state index in [1.165, 1.54) is 18.2 Å². The van der Waals surface area contributed by atoms with E-state index >= 15 is 0 Å². The number of benzene rings is 1. The predicted octanol–water partition coefficient (Wildman–Crippen LogP) is 3.40. The molecule has 0 spiro atoms. The highest BCUT2D eigenvalue weighted by Crippen LogP contribution is 2.26. The van der Waals surface area contributed by atoms with Gasteiger partial charge >= 0.3 is 6.18 Å². The highest BCUT2D eigenvalue weighted by Gasteiger charge is 2.27. The number of nitrogens with zero attached hydrogens (tertiary/aromatic N) is 1. The smallest absolute Gasteiger partial charge is 0.411 e. The third-order valence-corrected chi connectivity index (χ3v) is 2.57. The van der Waals surface area contributed by atoms with E-state index in [0.29, 0.717) is 5.56 Å². The Labute approximate surface area is 114 Å². The van der Waals surface area contributed by atoms with Crippen LogP contribution in [0.3, 0.4) is 0 Å². The molecule has 0 aromatic heterocycles. The van der Waals surface area contributed by atoms with Crippen molar-refractivity contribution in [3.63, 3.8) is 0 Å². The highest BCUT2D eigenvalue weighted by atomic mass is 79.9. The van der Waals surface area contributed by atoms with Gasteiger partial charge < -0.3 is 9.47 Å². The Morgan fingerprint density at radius 3 is 2.58 bits per heavy atom. The van der Waals surface area contributed by atoms with Crippen molar-refractivity contribution < 1.29 is 27.6 Å². The summed E-state index contributed by atoms with van der Waals surface area (Å²) in [6, 6.07) is 3.78. The van der Waals surface area contributed by atoms with Gasteiger partial charge in [0.25, 0.3) is 5.69 Å². The maximum absolute atomic E-state index is 11.8. The predicted molar refractivity (Wildman–Crippen MR) is 63.2 cm³/mol. The summed E-state index contributed by atoms with van der Waals surface area (Å²) in [5.74, 6) is 0.227. The first kappa shape index (κ1) is 15.7. The lowest BCUT2D eigenvalue weighted by atomic mass is 10.2. The fraction of sp³-hybridized carbons (Fsp3) is 0.400. The van der Waals surface area contributed by atoms with Gasteiger partial charge in [0.05, 0.1) is 4.92 Å². The normalized spacial score (nSPS) is 11.4. The van der Waals surface area contributed by atoms with Crippen molar-refractivity contribution >= 4 is 21.6 Å². The minimum Gasteiger partial charge on any atom is -0.467 e. The Hall–Kier alpha value is -1.35. The van der Waals surface area contributed by atoms with Crippen molar-refractivity contribution in [3.05, 3.63) is 33.9 Å². The van der Waals surface area contributed by atoms with Crippen LogP contribution in [0.4, 0.5) is 18.9 Å². The fourth-order valence-corrected chi connectivity index (χ4v) is 1.63. The number of nitro groups is 1. The largest absolute Gasteiger partial charge is 0.467 e. The SMILES string of the molecule is O=[N+]([O-])c1ccc(OCOCC(F)(F)F)c(CBr)c1. The van der Waals surface area contributed by atoms with Crippen LogP contribution >= 0.6 is 15.9 Å². The Balaban J connectivity index is 2.61. The van der Waals surface area contributed by atoms with Crippen molar-refractivity contribution in [2.45, 2.75) is 11.5 Å². The zero-order chi connectivity index (χ0) is 14.5. The number of non-ortho nitro benzene ring substituents is 1. The maximum atomic E-state index is 11.8. The first-order chi connectivity index (χ1) is 8.83. The average molecular weight is 344 g/mol. The Morgan fingerprint density at radius 1 is 1.37 bits per heavy atom. The van der Waals surface area contributed by atoms with Gasteiger partial charge in [-0.3, -0.25) is 10.1 Å². The molecule has 0 radical (unpaired) electrons. The maximum Gasteiger partial charge on any atom is 0.411 e. The van der Waals surface area contributed by atoms with Gasteiger partial charge in [-0.1, -0.05) is 15.9 Å². The molecule has 1 aromatic carbocycles. The van der Waals surface area contributed by atoms with Crippen LogP contribution in [0, 0.1) is 10.1 Å². The first-order valence-electron chi connectivity index (χ1n) is 4.94. The number of ether oxygens (including phenoxy) is 2. The second kappa shape index (κ2) is 6.71. The van der Waals surface area contributed by atoms with Crippen molar-refractivity contribution in [2.24, 2.45) is 0 Å². The molecule has 106 valence electrons. The lowest BCUT2D eigenvalue weighted by Gasteiger charge is -2.11. The monoisotopic (exact) mass is 343 g/mol. The fourth-order valence-electron chi connectivity index (χ4n) is 1.19. The van der Waals surface area contributed by atoms with Crippen LogP contribution in [0.5, 0.6) is 5.75 Å². The van der Waals surface area contributed by atoms with E-state index in [-0.39, 0.29) is 16.8 Å². The minimum absolute atomic E-state index is 0.127. The minimum atomic E-state index is -4.42. The van der Waals surface area contributed by atoms with Gasteiger partial charge in [-0.25, -0.2) is 0 Å².